The summed E-state index contributed by atoms with van der Waals surface area (Å²) in [5, 5.41) is 12.4. The molecule has 0 unspecified atom stereocenters. The minimum absolute atomic E-state index is 0.0463. The van der Waals surface area contributed by atoms with E-state index in [1.54, 1.807) is 0 Å². The Morgan fingerprint density at radius 3 is 2.19 bits per heavy atom. The molecule has 2 aliphatic heterocycles. The van der Waals surface area contributed by atoms with Crippen molar-refractivity contribution >= 4 is 12.0 Å². The second-order valence-electron chi connectivity index (χ2n) is 7.60. The quantitative estimate of drug-likeness (QED) is 0.849. The summed E-state index contributed by atoms with van der Waals surface area (Å²) in [6, 6.07) is 0. The van der Waals surface area contributed by atoms with Crippen LogP contribution in [0, 0.1) is 5.41 Å². The van der Waals surface area contributed by atoms with Crippen molar-refractivity contribution in [2.75, 3.05) is 26.2 Å². The predicted octanol–water partition coefficient (Wildman–Crippen LogP) is 2.13. The molecule has 1 aromatic rings. The van der Waals surface area contributed by atoms with Gasteiger partial charge in [-0.3, -0.25) is 4.79 Å². The molecule has 2 saturated heterocycles. The molecule has 2 aliphatic rings. The standard InChI is InChI=1S/C15H19F3N4O4/c1-13(2)7-22(8-13)10(23)9-19-11(20-26-9)14(15(16,17)18)3-5-21(6-4-14)12(24)25/h3-8H2,1-2H3,(H,24,25). The maximum absolute atomic E-state index is 13.8. The third kappa shape index (κ3) is 2.99. The molecule has 11 heteroatoms. The topological polar surface area (TPSA) is 99.8 Å². The fourth-order valence-electron chi connectivity index (χ4n) is 3.48. The van der Waals surface area contributed by atoms with Gasteiger partial charge in [-0.2, -0.15) is 18.2 Å². The molecule has 1 N–H and O–H groups in total. The molecule has 144 valence electrons. The molecule has 8 nitrogen and oxygen atoms in total. The molecule has 1 aromatic heterocycles. The van der Waals surface area contributed by atoms with Gasteiger partial charge in [0.15, 0.2) is 5.82 Å². The smallest absolute Gasteiger partial charge is 0.407 e. The molecule has 0 bridgehead atoms. The Hall–Kier alpha value is -2.33. The van der Waals surface area contributed by atoms with Crippen molar-refractivity contribution in [3.05, 3.63) is 11.7 Å². The monoisotopic (exact) mass is 376 g/mol. The Bertz CT molecular complexity index is 715. The van der Waals surface area contributed by atoms with Gasteiger partial charge < -0.3 is 19.4 Å². The van der Waals surface area contributed by atoms with Crippen molar-refractivity contribution in [1.29, 1.82) is 0 Å². The maximum atomic E-state index is 13.8. The Morgan fingerprint density at radius 1 is 1.15 bits per heavy atom. The lowest BCUT2D eigenvalue weighted by atomic mass is 9.77. The summed E-state index contributed by atoms with van der Waals surface area (Å²) < 4.78 is 46.1. The second-order valence-corrected chi connectivity index (χ2v) is 7.60. The zero-order valence-electron chi connectivity index (χ0n) is 14.3. The van der Waals surface area contributed by atoms with Crippen LogP contribution < -0.4 is 0 Å². The SMILES string of the molecule is CC1(C)CN(C(=O)c2nc(C3(C(F)(F)F)CCN(C(=O)O)CC3)no2)C1. The number of alkyl halides is 3. The van der Waals surface area contributed by atoms with Gasteiger partial charge in [-0.05, 0) is 18.3 Å². The number of aromatic nitrogens is 2. The van der Waals surface area contributed by atoms with Crippen molar-refractivity contribution in [2.45, 2.75) is 38.3 Å². The zero-order valence-corrected chi connectivity index (χ0v) is 14.3. The molecule has 0 radical (unpaired) electrons. The Labute approximate surface area is 146 Å². The van der Waals surface area contributed by atoms with Crippen LogP contribution in [-0.4, -0.2) is 69.4 Å². The van der Waals surface area contributed by atoms with Gasteiger partial charge in [0.1, 0.15) is 5.41 Å². The van der Waals surface area contributed by atoms with E-state index in [0.29, 0.717) is 13.1 Å². The number of rotatable bonds is 2. The first-order valence-electron chi connectivity index (χ1n) is 8.13. The van der Waals surface area contributed by atoms with Crippen LogP contribution in [0.4, 0.5) is 18.0 Å². The summed E-state index contributed by atoms with van der Waals surface area (Å²) in [6.45, 7) is 4.25. The number of amides is 2. The van der Waals surface area contributed by atoms with Crippen LogP contribution >= 0.6 is 0 Å². The van der Waals surface area contributed by atoms with Crippen molar-refractivity contribution in [2.24, 2.45) is 5.41 Å². The van der Waals surface area contributed by atoms with E-state index in [2.05, 4.69) is 10.1 Å². The first-order chi connectivity index (χ1) is 12.0. The lowest BCUT2D eigenvalue weighted by Gasteiger charge is -2.44. The summed E-state index contributed by atoms with van der Waals surface area (Å²) >= 11 is 0. The molecule has 0 aromatic carbocycles. The third-order valence-electron chi connectivity index (χ3n) is 4.99. The zero-order chi connectivity index (χ0) is 19.3. The summed E-state index contributed by atoms with van der Waals surface area (Å²) in [4.78, 5) is 29.3. The highest BCUT2D eigenvalue weighted by Gasteiger charge is 2.60. The summed E-state index contributed by atoms with van der Waals surface area (Å²) in [7, 11) is 0. The third-order valence-corrected chi connectivity index (χ3v) is 4.99. The van der Waals surface area contributed by atoms with Crippen LogP contribution in [0.25, 0.3) is 0 Å². The van der Waals surface area contributed by atoms with E-state index in [1.807, 2.05) is 13.8 Å². The van der Waals surface area contributed by atoms with Crippen LogP contribution in [0.3, 0.4) is 0 Å². The number of carbonyl (C=O) groups is 2. The molecular weight excluding hydrogens is 357 g/mol. The number of halogens is 3. The van der Waals surface area contributed by atoms with Gasteiger partial charge in [-0.1, -0.05) is 19.0 Å². The van der Waals surface area contributed by atoms with E-state index in [0.717, 1.165) is 4.90 Å². The molecule has 2 fully saturated rings. The molecule has 2 amide bonds. The van der Waals surface area contributed by atoms with E-state index >= 15 is 0 Å². The molecular formula is C15H19F3N4O4. The van der Waals surface area contributed by atoms with Gasteiger partial charge in [0.25, 0.3) is 0 Å². The highest BCUT2D eigenvalue weighted by atomic mass is 19.4. The van der Waals surface area contributed by atoms with Gasteiger partial charge >= 0.3 is 24.1 Å². The molecule has 3 rings (SSSR count). The van der Waals surface area contributed by atoms with Gasteiger partial charge in [0.2, 0.25) is 0 Å². The Kier molecular flexibility index (Phi) is 4.15. The highest BCUT2D eigenvalue weighted by molar-refractivity contribution is 5.90. The Balaban J connectivity index is 1.82. The van der Waals surface area contributed by atoms with E-state index < -0.39 is 48.1 Å². The Morgan fingerprint density at radius 2 is 1.73 bits per heavy atom. The van der Waals surface area contributed by atoms with Crippen LogP contribution in [0.5, 0.6) is 0 Å². The molecule has 0 saturated carbocycles. The van der Waals surface area contributed by atoms with Crippen molar-refractivity contribution in [1.82, 2.24) is 19.9 Å². The van der Waals surface area contributed by atoms with Gasteiger partial charge in [-0.15, -0.1) is 0 Å². The molecule has 0 atom stereocenters. The number of likely N-dealkylation sites (tertiary alicyclic amines) is 2. The molecule has 0 aliphatic carbocycles. The van der Waals surface area contributed by atoms with E-state index in [1.165, 1.54) is 4.90 Å². The lowest BCUT2D eigenvalue weighted by molar-refractivity contribution is -0.204. The van der Waals surface area contributed by atoms with Crippen LogP contribution in [0.15, 0.2) is 4.52 Å². The first-order valence-corrected chi connectivity index (χ1v) is 8.13. The fourth-order valence-corrected chi connectivity index (χ4v) is 3.48. The van der Waals surface area contributed by atoms with Crippen LogP contribution in [0.1, 0.15) is 43.2 Å². The van der Waals surface area contributed by atoms with E-state index in [9.17, 15) is 22.8 Å². The second kappa shape index (κ2) is 5.85. The van der Waals surface area contributed by atoms with Crippen molar-refractivity contribution < 1.29 is 32.4 Å². The number of hydrogen-bond acceptors (Lipinski definition) is 5. The van der Waals surface area contributed by atoms with E-state index in [4.69, 9.17) is 9.63 Å². The predicted molar refractivity (Wildman–Crippen MR) is 80.5 cm³/mol. The molecule has 3 heterocycles. The van der Waals surface area contributed by atoms with Gasteiger partial charge in [-0.25, -0.2) is 4.79 Å². The summed E-state index contributed by atoms with van der Waals surface area (Å²) in [5.74, 6) is -1.68. The molecule has 26 heavy (non-hydrogen) atoms. The largest absolute Gasteiger partial charge is 0.465 e. The number of hydrogen-bond donors (Lipinski definition) is 1. The van der Waals surface area contributed by atoms with E-state index in [-0.39, 0.29) is 18.5 Å². The average molecular weight is 376 g/mol. The van der Waals surface area contributed by atoms with Crippen LogP contribution in [0.2, 0.25) is 0 Å². The van der Waals surface area contributed by atoms with Crippen molar-refractivity contribution in [3.63, 3.8) is 0 Å². The number of nitrogens with zero attached hydrogens (tertiary/aromatic N) is 4. The maximum Gasteiger partial charge on any atom is 0.407 e. The fraction of sp³-hybridized carbons (Fsp3) is 0.733. The number of carboxylic acid groups (broad SMARTS) is 1. The summed E-state index contributed by atoms with van der Waals surface area (Å²) in [5.41, 5.74) is -2.47. The van der Waals surface area contributed by atoms with Gasteiger partial charge in [0, 0.05) is 26.2 Å². The normalized spacial score (nSPS) is 22.0. The number of carbonyl (C=O) groups excluding carboxylic acids is 1. The van der Waals surface area contributed by atoms with Crippen molar-refractivity contribution in [3.8, 4) is 0 Å². The minimum Gasteiger partial charge on any atom is -0.465 e. The minimum atomic E-state index is -4.69. The summed E-state index contributed by atoms with van der Waals surface area (Å²) in [6.07, 6.45) is -7.01. The highest BCUT2D eigenvalue weighted by Crippen LogP contribution is 2.47. The average Bonchev–Trinajstić information content (AvgIpc) is 3.01. The lowest BCUT2D eigenvalue weighted by Crippen LogP contribution is -2.55. The number of piperidine rings is 1. The first kappa shape index (κ1) is 18.5. The van der Waals surface area contributed by atoms with Gasteiger partial charge in [0.05, 0.1) is 0 Å². The molecule has 0 spiro atoms. The van der Waals surface area contributed by atoms with Crippen LogP contribution in [-0.2, 0) is 5.41 Å².